The van der Waals surface area contributed by atoms with Gasteiger partial charge in [0.15, 0.2) is 23.1 Å². The van der Waals surface area contributed by atoms with Crippen molar-refractivity contribution in [2.24, 2.45) is 0 Å². The Labute approximate surface area is 298 Å². The normalized spacial score (nSPS) is 11.8. The van der Waals surface area contributed by atoms with Gasteiger partial charge in [0.2, 0.25) is 0 Å². The third kappa shape index (κ3) is 4.26. The van der Waals surface area contributed by atoms with E-state index in [1.54, 1.807) is 0 Å². The predicted octanol–water partition coefficient (Wildman–Crippen LogP) is 12.2. The van der Waals surface area contributed by atoms with Gasteiger partial charge < -0.3 is 8.98 Å². The molecular weight excluding hydrogens is 637 g/mol. The molecule has 0 atom stereocenters. The lowest BCUT2D eigenvalue weighted by molar-refractivity contribution is 0.666. The first kappa shape index (κ1) is 28.7. The smallest absolute Gasteiger partial charge is 0.164 e. The Kier molecular flexibility index (Phi) is 6.18. The molecule has 3 heterocycles. The summed E-state index contributed by atoms with van der Waals surface area (Å²) in [5, 5.41) is 9.40. The lowest BCUT2D eigenvalue weighted by Gasteiger charge is -2.10. The van der Waals surface area contributed by atoms with Crippen LogP contribution in [-0.4, -0.2) is 19.5 Å². The summed E-state index contributed by atoms with van der Waals surface area (Å²) < 4.78 is 9.22. The number of fused-ring (bicyclic) bond motifs is 10. The van der Waals surface area contributed by atoms with Crippen LogP contribution in [0.2, 0.25) is 0 Å². The average molecular weight is 665 g/mol. The summed E-state index contributed by atoms with van der Waals surface area (Å²) in [4.78, 5) is 15.1. The van der Waals surface area contributed by atoms with Crippen LogP contribution < -0.4 is 0 Å². The summed E-state index contributed by atoms with van der Waals surface area (Å²) in [6.45, 7) is 0. The van der Waals surface area contributed by atoms with E-state index in [2.05, 4.69) is 102 Å². The first-order chi connectivity index (χ1) is 25.8. The maximum atomic E-state index is 6.86. The molecule has 52 heavy (non-hydrogen) atoms. The zero-order chi connectivity index (χ0) is 34.2. The Morgan fingerprint density at radius 2 is 1.00 bits per heavy atom. The molecule has 11 aromatic rings. The Balaban J connectivity index is 1.19. The summed E-state index contributed by atoms with van der Waals surface area (Å²) in [6.07, 6.45) is 0. The molecule has 5 heteroatoms. The maximum absolute atomic E-state index is 6.86. The van der Waals surface area contributed by atoms with E-state index in [-0.39, 0.29) is 0 Å². The highest BCUT2D eigenvalue weighted by atomic mass is 16.3. The number of rotatable bonds is 4. The second-order valence-electron chi connectivity index (χ2n) is 13.2. The third-order valence-electron chi connectivity index (χ3n) is 10.2. The molecule has 0 bridgehead atoms. The lowest BCUT2D eigenvalue weighted by atomic mass is 9.97. The Morgan fingerprint density at radius 1 is 0.385 bits per heavy atom. The van der Waals surface area contributed by atoms with Crippen LogP contribution in [-0.2, 0) is 0 Å². The van der Waals surface area contributed by atoms with Crippen LogP contribution in [0.5, 0.6) is 0 Å². The molecule has 0 radical (unpaired) electrons. The molecular formula is C47H28N4O. The monoisotopic (exact) mass is 664 g/mol. The lowest BCUT2D eigenvalue weighted by Crippen LogP contribution is -2.00. The molecule has 0 spiro atoms. The van der Waals surface area contributed by atoms with Gasteiger partial charge in [-0.15, -0.1) is 0 Å². The van der Waals surface area contributed by atoms with E-state index in [0.717, 1.165) is 55.3 Å². The van der Waals surface area contributed by atoms with Crippen LogP contribution in [0.3, 0.4) is 0 Å². The van der Waals surface area contributed by atoms with Crippen molar-refractivity contribution in [3.63, 3.8) is 0 Å². The number of para-hydroxylation sites is 2. The van der Waals surface area contributed by atoms with Crippen molar-refractivity contribution in [1.29, 1.82) is 0 Å². The second-order valence-corrected chi connectivity index (χ2v) is 13.2. The van der Waals surface area contributed by atoms with Gasteiger partial charge in [0.1, 0.15) is 5.58 Å². The standard InChI is InChI=1S/C47H28N4O/c1-3-14-31(15-4-1)45-48-46(32-16-5-2-6-17-32)50-47(49-45)36-21-12-24-40-42(36)35-20-11-23-39(44(35)52-40)51-37-22-10-9-19-34(37)43-38(51)28-27-30-26-25-29-13-7-8-18-33(29)41(30)43/h1-28H. The van der Waals surface area contributed by atoms with E-state index in [1.807, 2.05) is 72.8 Å². The number of hydrogen-bond acceptors (Lipinski definition) is 4. The first-order valence-electron chi connectivity index (χ1n) is 17.5. The number of nitrogens with zero attached hydrogens (tertiary/aromatic N) is 4. The Morgan fingerprint density at radius 3 is 1.79 bits per heavy atom. The van der Waals surface area contributed by atoms with E-state index < -0.39 is 0 Å². The van der Waals surface area contributed by atoms with E-state index in [4.69, 9.17) is 19.4 Å². The van der Waals surface area contributed by atoms with Gasteiger partial charge in [0.05, 0.1) is 16.7 Å². The van der Waals surface area contributed by atoms with Gasteiger partial charge in [-0.05, 0) is 45.8 Å². The molecule has 0 saturated heterocycles. The minimum atomic E-state index is 0.599. The van der Waals surface area contributed by atoms with E-state index in [0.29, 0.717) is 17.5 Å². The van der Waals surface area contributed by atoms with Gasteiger partial charge in [-0.25, -0.2) is 15.0 Å². The summed E-state index contributed by atoms with van der Waals surface area (Å²) in [7, 11) is 0. The van der Waals surface area contributed by atoms with Crippen LogP contribution in [0.1, 0.15) is 0 Å². The number of hydrogen-bond donors (Lipinski definition) is 0. The highest BCUT2D eigenvalue weighted by Crippen LogP contribution is 2.43. The van der Waals surface area contributed by atoms with Crippen LogP contribution in [0.25, 0.3) is 105 Å². The van der Waals surface area contributed by atoms with Gasteiger partial charge in [0, 0.05) is 38.2 Å². The van der Waals surface area contributed by atoms with Crippen molar-refractivity contribution < 1.29 is 4.42 Å². The van der Waals surface area contributed by atoms with Crippen molar-refractivity contribution in [1.82, 2.24) is 19.5 Å². The minimum absolute atomic E-state index is 0.599. The number of furan rings is 1. The quantitative estimate of drug-likeness (QED) is 0.176. The van der Waals surface area contributed by atoms with Gasteiger partial charge in [-0.2, -0.15) is 0 Å². The molecule has 0 amide bonds. The van der Waals surface area contributed by atoms with Crippen molar-refractivity contribution in [2.75, 3.05) is 0 Å². The summed E-state index contributed by atoms with van der Waals surface area (Å²) in [6, 6.07) is 59.0. The zero-order valence-corrected chi connectivity index (χ0v) is 27.9. The highest BCUT2D eigenvalue weighted by molar-refractivity contribution is 6.28. The molecule has 5 nitrogen and oxygen atoms in total. The van der Waals surface area contributed by atoms with Crippen molar-refractivity contribution in [3.05, 3.63) is 170 Å². The highest BCUT2D eigenvalue weighted by Gasteiger charge is 2.22. The third-order valence-corrected chi connectivity index (χ3v) is 10.2. The van der Waals surface area contributed by atoms with E-state index >= 15 is 0 Å². The molecule has 3 aromatic heterocycles. The van der Waals surface area contributed by atoms with Crippen LogP contribution in [0.4, 0.5) is 0 Å². The zero-order valence-electron chi connectivity index (χ0n) is 27.9. The van der Waals surface area contributed by atoms with Crippen molar-refractivity contribution in [2.45, 2.75) is 0 Å². The van der Waals surface area contributed by atoms with Crippen molar-refractivity contribution in [3.8, 4) is 39.9 Å². The van der Waals surface area contributed by atoms with Crippen LogP contribution in [0, 0.1) is 0 Å². The molecule has 11 rings (SSSR count). The fourth-order valence-corrected chi connectivity index (χ4v) is 7.94. The largest absolute Gasteiger partial charge is 0.454 e. The molecule has 0 N–H and O–H groups in total. The minimum Gasteiger partial charge on any atom is -0.454 e. The number of benzene rings is 8. The maximum Gasteiger partial charge on any atom is 0.164 e. The molecule has 242 valence electrons. The number of aromatic nitrogens is 4. The average Bonchev–Trinajstić information content (AvgIpc) is 3.77. The van der Waals surface area contributed by atoms with Gasteiger partial charge in [0.25, 0.3) is 0 Å². The van der Waals surface area contributed by atoms with Crippen LogP contribution >= 0.6 is 0 Å². The predicted molar refractivity (Wildman–Crippen MR) is 213 cm³/mol. The van der Waals surface area contributed by atoms with E-state index in [1.165, 1.54) is 32.3 Å². The fourth-order valence-electron chi connectivity index (χ4n) is 7.94. The molecule has 0 unspecified atom stereocenters. The van der Waals surface area contributed by atoms with E-state index in [9.17, 15) is 0 Å². The molecule has 0 fully saturated rings. The van der Waals surface area contributed by atoms with Gasteiger partial charge in [-0.3, -0.25) is 0 Å². The van der Waals surface area contributed by atoms with Gasteiger partial charge >= 0.3 is 0 Å². The second kappa shape index (κ2) is 11.2. The molecule has 0 aliphatic carbocycles. The molecule has 8 aromatic carbocycles. The van der Waals surface area contributed by atoms with Gasteiger partial charge in [-0.1, -0.05) is 146 Å². The molecule has 0 aliphatic rings. The molecule has 0 aliphatic heterocycles. The van der Waals surface area contributed by atoms with Crippen molar-refractivity contribution >= 4 is 65.3 Å². The summed E-state index contributed by atoms with van der Waals surface area (Å²) in [5.41, 5.74) is 7.59. The SMILES string of the molecule is c1ccc(-c2nc(-c3ccccc3)nc(-c3cccc4oc5c(-n6c7ccccc7c7c8c(ccc9ccccc98)ccc76)cccc5c34)n2)cc1. The molecule has 0 saturated carbocycles. The fraction of sp³-hybridized carbons (Fsp3) is 0. The summed E-state index contributed by atoms with van der Waals surface area (Å²) >= 11 is 0. The summed E-state index contributed by atoms with van der Waals surface area (Å²) in [5.74, 6) is 1.85. The Hall–Kier alpha value is -7.11. The first-order valence-corrected chi connectivity index (χ1v) is 17.5. The topological polar surface area (TPSA) is 56.7 Å². The Bertz CT molecular complexity index is 3120. The van der Waals surface area contributed by atoms with Crippen LogP contribution in [0.15, 0.2) is 174 Å².